The van der Waals surface area contributed by atoms with Crippen LogP contribution >= 0.6 is 0 Å². The molecule has 2 aromatic rings. The molecule has 0 radical (unpaired) electrons. The average molecular weight is 405 g/mol. The molecule has 1 unspecified atom stereocenters. The Morgan fingerprint density at radius 1 is 0.793 bits per heavy atom. The van der Waals surface area contributed by atoms with Gasteiger partial charge in [0, 0.05) is 26.2 Å². The van der Waals surface area contributed by atoms with E-state index in [9.17, 15) is 8.78 Å². The molecule has 4 heteroatoms. The van der Waals surface area contributed by atoms with Gasteiger partial charge in [0.05, 0.1) is 0 Å². The van der Waals surface area contributed by atoms with E-state index in [1.807, 2.05) is 31.2 Å². The lowest BCUT2D eigenvalue weighted by Gasteiger charge is -2.35. The second kappa shape index (κ2) is 11.4. The highest BCUT2D eigenvalue weighted by Crippen LogP contribution is 2.37. The molecule has 2 rings (SSSR count). The van der Waals surface area contributed by atoms with E-state index < -0.39 is 17.4 Å². The molecule has 1 atom stereocenters. The Hall–Kier alpha value is -1.78. The molecule has 2 nitrogen and oxygen atoms in total. The minimum atomic E-state index is -0.726. The van der Waals surface area contributed by atoms with E-state index in [1.165, 1.54) is 44.2 Å². The van der Waals surface area contributed by atoms with Gasteiger partial charge in [-0.2, -0.15) is 0 Å². The van der Waals surface area contributed by atoms with Gasteiger partial charge in [-0.25, -0.2) is 8.78 Å². The van der Waals surface area contributed by atoms with Crippen LogP contribution in [0.3, 0.4) is 0 Å². The standard InChI is InChI=1S/C25H34F2O2/c1-5-6-7-8-9-10-11-24(25(2,28-3)29-4)20-14-12-19(13-15-20)21-16-22(26)18-23(27)17-21/h12-18,24H,5-11H2,1-4H3. The van der Waals surface area contributed by atoms with Gasteiger partial charge >= 0.3 is 0 Å². The Balaban J connectivity index is 2.17. The minimum Gasteiger partial charge on any atom is -0.353 e. The number of hydrogen-bond donors (Lipinski definition) is 0. The molecule has 0 fully saturated rings. The molecule has 0 aliphatic carbocycles. The van der Waals surface area contributed by atoms with Crippen LogP contribution in [0.2, 0.25) is 0 Å². The van der Waals surface area contributed by atoms with Crippen LogP contribution in [0.4, 0.5) is 8.78 Å². The SMILES string of the molecule is CCCCCCCCC(c1ccc(-c2cc(F)cc(F)c2)cc1)C(C)(OC)OC. The molecule has 29 heavy (non-hydrogen) atoms. The van der Waals surface area contributed by atoms with Gasteiger partial charge in [-0.15, -0.1) is 0 Å². The predicted octanol–water partition coefficient (Wildman–Crippen LogP) is 7.48. The zero-order valence-electron chi connectivity index (χ0n) is 18.1. The number of methoxy groups -OCH3 is 2. The van der Waals surface area contributed by atoms with Crippen molar-refractivity contribution in [3.8, 4) is 11.1 Å². The van der Waals surface area contributed by atoms with Gasteiger partial charge in [0.1, 0.15) is 11.6 Å². The number of ether oxygens (including phenoxy) is 2. The molecule has 2 aromatic carbocycles. The van der Waals surface area contributed by atoms with Gasteiger partial charge in [-0.05, 0) is 42.2 Å². The largest absolute Gasteiger partial charge is 0.353 e. The van der Waals surface area contributed by atoms with Gasteiger partial charge < -0.3 is 9.47 Å². The number of unbranched alkanes of at least 4 members (excludes halogenated alkanes) is 5. The van der Waals surface area contributed by atoms with Crippen LogP contribution in [0, 0.1) is 11.6 Å². The Labute approximate surface area is 174 Å². The van der Waals surface area contributed by atoms with Gasteiger partial charge in [0.15, 0.2) is 5.79 Å². The first-order valence-electron chi connectivity index (χ1n) is 10.6. The first-order valence-corrected chi connectivity index (χ1v) is 10.6. The van der Waals surface area contributed by atoms with E-state index >= 15 is 0 Å². The van der Waals surface area contributed by atoms with Crippen molar-refractivity contribution in [1.82, 2.24) is 0 Å². The molecule has 0 aliphatic heterocycles. The van der Waals surface area contributed by atoms with Crippen molar-refractivity contribution in [2.24, 2.45) is 0 Å². The summed E-state index contributed by atoms with van der Waals surface area (Å²) in [5.41, 5.74) is 2.41. The zero-order valence-corrected chi connectivity index (χ0v) is 18.1. The fourth-order valence-corrected chi connectivity index (χ4v) is 3.86. The summed E-state index contributed by atoms with van der Waals surface area (Å²) in [6.45, 7) is 4.19. The van der Waals surface area contributed by atoms with E-state index in [0.717, 1.165) is 30.0 Å². The molecule has 0 aromatic heterocycles. The highest BCUT2D eigenvalue weighted by atomic mass is 19.1. The monoisotopic (exact) mass is 404 g/mol. The lowest BCUT2D eigenvalue weighted by Crippen LogP contribution is -2.37. The molecule has 0 aliphatic rings. The number of rotatable bonds is 12. The van der Waals surface area contributed by atoms with Crippen LogP contribution in [0.1, 0.15) is 70.3 Å². The second-order valence-electron chi connectivity index (χ2n) is 7.81. The van der Waals surface area contributed by atoms with E-state index in [2.05, 4.69) is 6.92 Å². The lowest BCUT2D eigenvalue weighted by molar-refractivity contribution is -0.210. The van der Waals surface area contributed by atoms with Crippen LogP contribution in [0.25, 0.3) is 11.1 Å². The third-order valence-electron chi connectivity index (χ3n) is 5.80. The molecule has 0 N–H and O–H groups in total. The van der Waals surface area contributed by atoms with Crippen LogP contribution < -0.4 is 0 Å². The Morgan fingerprint density at radius 3 is 1.90 bits per heavy atom. The average Bonchev–Trinajstić information content (AvgIpc) is 2.72. The van der Waals surface area contributed by atoms with Crippen molar-refractivity contribution in [2.45, 2.75) is 70.5 Å². The van der Waals surface area contributed by atoms with Crippen molar-refractivity contribution in [1.29, 1.82) is 0 Å². The Bertz CT molecular complexity index is 719. The van der Waals surface area contributed by atoms with E-state index in [4.69, 9.17) is 9.47 Å². The molecule has 0 amide bonds. The Kier molecular flexibility index (Phi) is 9.25. The zero-order chi connectivity index (χ0) is 21.3. The maximum atomic E-state index is 13.5. The highest BCUT2D eigenvalue weighted by molar-refractivity contribution is 5.64. The first-order chi connectivity index (χ1) is 13.9. The smallest absolute Gasteiger partial charge is 0.171 e. The first kappa shape index (κ1) is 23.5. The van der Waals surface area contributed by atoms with Gasteiger partial charge in [0.2, 0.25) is 0 Å². The molecular formula is C25H34F2O2. The number of hydrogen-bond acceptors (Lipinski definition) is 2. The van der Waals surface area contributed by atoms with Crippen molar-refractivity contribution in [3.63, 3.8) is 0 Å². The summed E-state index contributed by atoms with van der Waals surface area (Å²) >= 11 is 0. The van der Waals surface area contributed by atoms with Crippen molar-refractivity contribution >= 4 is 0 Å². The van der Waals surface area contributed by atoms with Crippen LogP contribution in [-0.4, -0.2) is 20.0 Å². The maximum absolute atomic E-state index is 13.5. The normalized spacial score (nSPS) is 12.9. The van der Waals surface area contributed by atoms with Crippen molar-refractivity contribution < 1.29 is 18.3 Å². The summed E-state index contributed by atoms with van der Waals surface area (Å²) in [7, 11) is 3.34. The van der Waals surface area contributed by atoms with E-state index in [-0.39, 0.29) is 5.92 Å². The summed E-state index contributed by atoms with van der Waals surface area (Å²) < 4.78 is 38.5. The van der Waals surface area contributed by atoms with Gasteiger partial charge in [0.25, 0.3) is 0 Å². The van der Waals surface area contributed by atoms with Crippen LogP contribution in [-0.2, 0) is 9.47 Å². The van der Waals surface area contributed by atoms with E-state index in [0.29, 0.717) is 5.56 Å². The summed E-state index contributed by atoms with van der Waals surface area (Å²) in [4.78, 5) is 0. The molecule has 0 saturated heterocycles. The summed E-state index contributed by atoms with van der Waals surface area (Å²) in [5, 5.41) is 0. The number of benzene rings is 2. The molecule has 160 valence electrons. The minimum absolute atomic E-state index is 0.0713. The second-order valence-corrected chi connectivity index (χ2v) is 7.81. The molecule has 0 heterocycles. The van der Waals surface area contributed by atoms with Crippen LogP contribution in [0.15, 0.2) is 42.5 Å². The van der Waals surface area contributed by atoms with Gasteiger partial charge in [-0.3, -0.25) is 0 Å². The number of halogens is 2. The van der Waals surface area contributed by atoms with Crippen molar-refractivity contribution in [3.05, 3.63) is 59.7 Å². The lowest BCUT2D eigenvalue weighted by atomic mass is 9.85. The molecular weight excluding hydrogens is 370 g/mol. The summed E-state index contributed by atoms with van der Waals surface area (Å²) in [6.07, 6.45) is 8.33. The van der Waals surface area contributed by atoms with Gasteiger partial charge in [-0.1, -0.05) is 69.7 Å². The highest BCUT2D eigenvalue weighted by Gasteiger charge is 2.35. The van der Waals surface area contributed by atoms with Crippen LogP contribution in [0.5, 0.6) is 0 Å². The van der Waals surface area contributed by atoms with Crippen molar-refractivity contribution in [2.75, 3.05) is 14.2 Å². The third-order valence-corrected chi connectivity index (χ3v) is 5.80. The maximum Gasteiger partial charge on any atom is 0.171 e. The fraction of sp³-hybridized carbons (Fsp3) is 0.520. The summed E-state index contributed by atoms with van der Waals surface area (Å²) in [5.74, 6) is -1.80. The van der Waals surface area contributed by atoms with E-state index in [1.54, 1.807) is 14.2 Å². The molecule has 0 bridgehead atoms. The summed E-state index contributed by atoms with van der Waals surface area (Å²) in [6, 6.07) is 11.4. The fourth-order valence-electron chi connectivity index (χ4n) is 3.86. The Morgan fingerprint density at radius 2 is 1.34 bits per heavy atom. The quantitative estimate of drug-likeness (QED) is 0.270. The molecule has 0 spiro atoms. The third kappa shape index (κ3) is 6.61. The molecule has 0 saturated carbocycles. The predicted molar refractivity (Wildman–Crippen MR) is 115 cm³/mol. The topological polar surface area (TPSA) is 18.5 Å².